The van der Waals surface area contributed by atoms with Crippen LogP contribution in [0.25, 0.3) is 0 Å². The molecule has 130 valence electrons. The summed E-state index contributed by atoms with van der Waals surface area (Å²) in [6, 6.07) is 10.3. The third-order valence-corrected chi connectivity index (χ3v) is 3.96. The van der Waals surface area contributed by atoms with Crippen molar-refractivity contribution in [3.63, 3.8) is 0 Å². The summed E-state index contributed by atoms with van der Waals surface area (Å²) >= 11 is 0. The van der Waals surface area contributed by atoms with Crippen molar-refractivity contribution < 1.29 is 9.53 Å². The Kier molecular flexibility index (Phi) is 5.37. The molecule has 1 heterocycles. The van der Waals surface area contributed by atoms with E-state index in [1.165, 1.54) is 5.56 Å². The van der Waals surface area contributed by atoms with Crippen LogP contribution in [0.2, 0.25) is 0 Å². The van der Waals surface area contributed by atoms with Crippen LogP contribution in [-0.2, 0) is 11.3 Å². The molecule has 2 rings (SSSR count). The minimum absolute atomic E-state index is 0.272. The van der Waals surface area contributed by atoms with Gasteiger partial charge >= 0.3 is 5.97 Å². The number of hydrogen-bond acceptors (Lipinski definition) is 3. The zero-order valence-corrected chi connectivity index (χ0v) is 15.6. The van der Waals surface area contributed by atoms with E-state index in [-0.39, 0.29) is 5.97 Å². The number of ether oxygens (including phenoxy) is 1. The summed E-state index contributed by atoms with van der Waals surface area (Å²) in [5, 5.41) is 3.36. The SMILES string of the molecule is CCNc1c(C(=O)OC(C)(C)C)c(C)c(C)n1Cc1ccccc1. The largest absolute Gasteiger partial charge is 0.456 e. The number of nitrogens with one attached hydrogen (secondary N) is 1. The molecule has 0 saturated heterocycles. The molecule has 1 aromatic heterocycles. The van der Waals surface area contributed by atoms with E-state index in [9.17, 15) is 4.79 Å². The molecule has 0 bridgehead atoms. The Morgan fingerprint density at radius 3 is 2.33 bits per heavy atom. The van der Waals surface area contributed by atoms with Crippen molar-refractivity contribution in [2.45, 2.75) is 53.7 Å². The lowest BCUT2D eigenvalue weighted by molar-refractivity contribution is 0.00700. The Balaban J connectivity index is 2.48. The lowest BCUT2D eigenvalue weighted by Gasteiger charge is -2.20. The fourth-order valence-electron chi connectivity index (χ4n) is 2.76. The highest BCUT2D eigenvalue weighted by Crippen LogP contribution is 2.30. The van der Waals surface area contributed by atoms with Crippen LogP contribution >= 0.6 is 0 Å². The Hall–Kier alpha value is -2.23. The molecule has 4 nitrogen and oxygen atoms in total. The molecule has 0 aliphatic rings. The van der Waals surface area contributed by atoms with Crippen molar-refractivity contribution in [1.29, 1.82) is 0 Å². The smallest absolute Gasteiger partial charge is 0.342 e. The third kappa shape index (κ3) is 3.99. The second kappa shape index (κ2) is 7.12. The molecule has 1 N–H and O–H groups in total. The lowest BCUT2D eigenvalue weighted by atomic mass is 10.1. The van der Waals surface area contributed by atoms with Crippen molar-refractivity contribution >= 4 is 11.8 Å². The fourth-order valence-corrected chi connectivity index (χ4v) is 2.76. The van der Waals surface area contributed by atoms with Crippen LogP contribution in [0.5, 0.6) is 0 Å². The third-order valence-electron chi connectivity index (χ3n) is 3.96. The average Bonchev–Trinajstić information content (AvgIpc) is 2.72. The Morgan fingerprint density at radius 1 is 1.17 bits per heavy atom. The number of aromatic nitrogens is 1. The first-order valence-electron chi connectivity index (χ1n) is 8.45. The molecule has 0 aliphatic carbocycles. The second-order valence-electron chi connectivity index (χ2n) is 7.04. The highest BCUT2D eigenvalue weighted by Gasteiger charge is 2.27. The first-order chi connectivity index (χ1) is 11.2. The zero-order chi connectivity index (χ0) is 17.9. The molecule has 1 aromatic carbocycles. The maximum Gasteiger partial charge on any atom is 0.342 e. The molecule has 0 aliphatic heterocycles. The Labute approximate surface area is 144 Å². The molecule has 0 radical (unpaired) electrons. The highest BCUT2D eigenvalue weighted by atomic mass is 16.6. The maximum absolute atomic E-state index is 12.7. The number of anilines is 1. The fraction of sp³-hybridized carbons (Fsp3) is 0.450. The number of esters is 1. The van der Waals surface area contributed by atoms with Crippen LogP contribution in [0.3, 0.4) is 0 Å². The summed E-state index contributed by atoms with van der Waals surface area (Å²) in [5.74, 6) is 0.566. The number of nitrogens with zero attached hydrogens (tertiary/aromatic N) is 1. The van der Waals surface area contributed by atoms with Crippen molar-refractivity contribution in [3.8, 4) is 0 Å². The first kappa shape index (κ1) is 18.1. The van der Waals surface area contributed by atoms with Crippen molar-refractivity contribution in [1.82, 2.24) is 4.57 Å². The normalized spacial score (nSPS) is 11.4. The summed E-state index contributed by atoms with van der Waals surface area (Å²) in [7, 11) is 0. The second-order valence-corrected chi connectivity index (χ2v) is 7.04. The van der Waals surface area contributed by atoms with Crippen LogP contribution < -0.4 is 5.32 Å². The van der Waals surface area contributed by atoms with Gasteiger partial charge in [0, 0.05) is 18.8 Å². The van der Waals surface area contributed by atoms with Gasteiger partial charge < -0.3 is 14.6 Å². The summed E-state index contributed by atoms with van der Waals surface area (Å²) in [6.45, 7) is 13.2. The van der Waals surface area contributed by atoms with Crippen molar-refractivity contribution in [2.24, 2.45) is 0 Å². The van der Waals surface area contributed by atoms with Crippen LogP contribution in [0, 0.1) is 13.8 Å². The quantitative estimate of drug-likeness (QED) is 0.819. The van der Waals surface area contributed by atoms with Gasteiger partial charge in [0.05, 0.1) is 0 Å². The van der Waals surface area contributed by atoms with Crippen LogP contribution in [-0.4, -0.2) is 22.7 Å². The lowest BCUT2D eigenvalue weighted by Crippen LogP contribution is -2.25. The van der Waals surface area contributed by atoms with E-state index >= 15 is 0 Å². The predicted molar refractivity (Wildman–Crippen MR) is 98.8 cm³/mol. The summed E-state index contributed by atoms with van der Waals surface area (Å²) in [6.07, 6.45) is 0. The van der Waals surface area contributed by atoms with Gasteiger partial charge in [-0.15, -0.1) is 0 Å². The van der Waals surface area contributed by atoms with Crippen molar-refractivity contribution in [3.05, 3.63) is 52.7 Å². The Bertz CT molecular complexity index is 709. The van der Waals surface area contributed by atoms with E-state index < -0.39 is 5.60 Å². The van der Waals surface area contributed by atoms with Crippen LogP contribution in [0.15, 0.2) is 30.3 Å². The molecule has 24 heavy (non-hydrogen) atoms. The summed E-state index contributed by atoms with van der Waals surface area (Å²) in [5.41, 5.74) is 3.38. The number of rotatable bonds is 5. The van der Waals surface area contributed by atoms with Crippen LogP contribution in [0.4, 0.5) is 5.82 Å². The van der Waals surface area contributed by atoms with Crippen LogP contribution in [0.1, 0.15) is 54.9 Å². The van der Waals surface area contributed by atoms with E-state index in [0.29, 0.717) is 5.56 Å². The highest BCUT2D eigenvalue weighted by molar-refractivity contribution is 5.97. The number of carbonyl (C=O) groups is 1. The van der Waals surface area contributed by atoms with Gasteiger partial charge in [0.1, 0.15) is 17.0 Å². The summed E-state index contributed by atoms with van der Waals surface area (Å²) in [4.78, 5) is 12.7. The van der Waals surface area contributed by atoms with E-state index in [0.717, 1.165) is 30.2 Å². The molecular weight excluding hydrogens is 300 g/mol. The molecular formula is C20H28N2O2. The Morgan fingerprint density at radius 2 is 1.79 bits per heavy atom. The number of carbonyl (C=O) groups excluding carboxylic acids is 1. The van der Waals surface area contributed by atoms with Gasteiger partial charge in [-0.1, -0.05) is 30.3 Å². The molecule has 0 spiro atoms. The molecule has 2 aromatic rings. The van der Waals surface area contributed by atoms with Gasteiger partial charge in [-0.3, -0.25) is 0 Å². The minimum atomic E-state index is -0.511. The van der Waals surface area contributed by atoms with Gasteiger partial charge in [0.15, 0.2) is 0 Å². The topological polar surface area (TPSA) is 43.3 Å². The predicted octanol–water partition coefficient (Wildman–Crippen LogP) is 4.54. The molecule has 0 atom stereocenters. The molecule has 0 saturated carbocycles. The van der Waals surface area contributed by atoms with E-state index in [1.54, 1.807) is 0 Å². The van der Waals surface area contributed by atoms with Gasteiger partial charge in [0.2, 0.25) is 0 Å². The van der Waals surface area contributed by atoms with Gasteiger partial charge in [-0.25, -0.2) is 4.79 Å². The monoisotopic (exact) mass is 328 g/mol. The molecule has 0 unspecified atom stereocenters. The molecule has 0 fully saturated rings. The average molecular weight is 328 g/mol. The van der Waals surface area contributed by atoms with Gasteiger partial charge in [0.25, 0.3) is 0 Å². The number of benzene rings is 1. The van der Waals surface area contributed by atoms with E-state index in [2.05, 4.69) is 22.0 Å². The standard InChI is InChI=1S/C20H28N2O2/c1-7-21-18-17(19(23)24-20(4,5)6)14(2)15(3)22(18)13-16-11-9-8-10-12-16/h8-12,21H,7,13H2,1-6H3. The van der Waals surface area contributed by atoms with Gasteiger partial charge in [-0.05, 0) is 52.7 Å². The van der Waals surface area contributed by atoms with Gasteiger partial charge in [-0.2, -0.15) is 0 Å². The maximum atomic E-state index is 12.7. The van der Waals surface area contributed by atoms with Crippen molar-refractivity contribution in [2.75, 3.05) is 11.9 Å². The van der Waals surface area contributed by atoms with E-state index in [4.69, 9.17) is 4.74 Å². The van der Waals surface area contributed by atoms with E-state index in [1.807, 2.05) is 59.7 Å². The minimum Gasteiger partial charge on any atom is -0.456 e. The molecule has 0 amide bonds. The first-order valence-corrected chi connectivity index (χ1v) is 8.45. The zero-order valence-electron chi connectivity index (χ0n) is 15.6. The summed E-state index contributed by atoms with van der Waals surface area (Å²) < 4.78 is 7.78. The molecule has 4 heteroatoms. The number of hydrogen-bond donors (Lipinski definition) is 1.